The standard InChI is InChI=1S/C17H29NO2/c1-6-18(7-2)11-15(19)12-20-16-8-9-17(13(3)4)14(5)10-16/h8-10,13,15,19H,6-7,11-12H2,1-5H3/p+1. The van der Waals surface area contributed by atoms with Gasteiger partial charge in [0.15, 0.2) is 0 Å². The third-order valence-electron chi connectivity index (χ3n) is 3.83. The first kappa shape index (κ1) is 17.0. The van der Waals surface area contributed by atoms with Gasteiger partial charge in [0, 0.05) is 0 Å². The molecule has 3 heteroatoms. The minimum Gasteiger partial charge on any atom is -0.491 e. The molecule has 0 radical (unpaired) electrons. The molecule has 1 unspecified atom stereocenters. The molecule has 3 nitrogen and oxygen atoms in total. The second-order valence-corrected chi connectivity index (χ2v) is 5.80. The lowest BCUT2D eigenvalue weighted by Gasteiger charge is -2.20. The van der Waals surface area contributed by atoms with E-state index in [-0.39, 0.29) is 0 Å². The molecule has 0 spiro atoms. The number of rotatable bonds is 8. The highest BCUT2D eigenvalue weighted by Crippen LogP contribution is 2.23. The van der Waals surface area contributed by atoms with Gasteiger partial charge in [0.2, 0.25) is 0 Å². The molecular weight excluding hydrogens is 250 g/mol. The third-order valence-corrected chi connectivity index (χ3v) is 3.83. The van der Waals surface area contributed by atoms with Crippen LogP contribution in [-0.4, -0.2) is 37.5 Å². The molecule has 20 heavy (non-hydrogen) atoms. The van der Waals surface area contributed by atoms with Crippen LogP contribution in [0.2, 0.25) is 0 Å². The average Bonchev–Trinajstić information content (AvgIpc) is 2.42. The summed E-state index contributed by atoms with van der Waals surface area (Å²) in [5, 5.41) is 10.0. The number of aliphatic hydroxyl groups is 1. The van der Waals surface area contributed by atoms with Crippen LogP contribution in [0.25, 0.3) is 0 Å². The Morgan fingerprint density at radius 2 is 1.85 bits per heavy atom. The number of ether oxygens (including phenoxy) is 1. The summed E-state index contributed by atoms with van der Waals surface area (Å²) >= 11 is 0. The molecule has 0 amide bonds. The molecule has 0 saturated heterocycles. The third kappa shape index (κ3) is 5.14. The van der Waals surface area contributed by atoms with Crippen LogP contribution in [0.3, 0.4) is 0 Å². The SMILES string of the molecule is CC[NH+](CC)CC(O)COc1ccc(C(C)C)c(C)c1. The Labute approximate surface area is 123 Å². The molecule has 0 aliphatic heterocycles. The summed E-state index contributed by atoms with van der Waals surface area (Å²) in [6, 6.07) is 6.18. The first-order valence-corrected chi connectivity index (χ1v) is 7.72. The summed E-state index contributed by atoms with van der Waals surface area (Å²) in [7, 11) is 0. The van der Waals surface area contributed by atoms with Gasteiger partial charge < -0.3 is 14.7 Å². The number of likely N-dealkylation sites (N-methyl/N-ethyl adjacent to an activating group) is 1. The van der Waals surface area contributed by atoms with Crippen LogP contribution in [0.15, 0.2) is 18.2 Å². The topological polar surface area (TPSA) is 33.9 Å². The Morgan fingerprint density at radius 1 is 1.20 bits per heavy atom. The maximum absolute atomic E-state index is 10.0. The van der Waals surface area contributed by atoms with Crippen LogP contribution in [0.5, 0.6) is 5.75 Å². The van der Waals surface area contributed by atoms with E-state index in [1.165, 1.54) is 16.0 Å². The minimum atomic E-state index is -0.407. The van der Waals surface area contributed by atoms with E-state index in [0.717, 1.165) is 25.4 Å². The first-order chi connectivity index (χ1) is 9.47. The van der Waals surface area contributed by atoms with Crippen molar-refractivity contribution in [3.63, 3.8) is 0 Å². The lowest BCUT2D eigenvalue weighted by molar-refractivity contribution is -0.899. The number of aliphatic hydroxyl groups excluding tert-OH is 1. The van der Waals surface area contributed by atoms with Gasteiger partial charge in [0.05, 0.1) is 13.1 Å². The van der Waals surface area contributed by atoms with Crippen LogP contribution in [0.4, 0.5) is 0 Å². The number of hydrogen-bond donors (Lipinski definition) is 2. The van der Waals surface area contributed by atoms with Crippen LogP contribution in [0, 0.1) is 6.92 Å². The Morgan fingerprint density at radius 3 is 2.35 bits per heavy atom. The van der Waals surface area contributed by atoms with Crippen molar-refractivity contribution in [2.24, 2.45) is 0 Å². The Balaban J connectivity index is 2.51. The fourth-order valence-corrected chi connectivity index (χ4v) is 2.51. The smallest absolute Gasteiger partial charge is 0.137 e. The molecule has 1 rings (SSSR count). The second kappa shape index (κ2) is 8.28. The van der Waals surface area contributed by atoms with Crippen LogP contribution in [-0.2, 0) is 0 Å². The summed E-state index contributed by atoms with van der Waals surface area (Å²) < 4.78 is 5.71. The zero-order valence-electron chi connectivity index (χ0n) is 13.6. The van der Waals surface area contributed by atoms with E-state index in [1.807, 2.05) is 6.07 Å². The van der Waals surface area contributed by atoms with Gasteiger partial charge in [-0.1, -0.05) is 19.9 Å². The van der Waals surface area contributed by atoms with Gasteiger partial charge in [-0.15, -0.1) is 0 Å². The predicted molar refractivity (Wildman–Crippen MR) is 83.7 cm³/mol. The van der Waals surface area contributed by atoms with Crippen molar-refractivity contribution in [3.8, 4) is 5.75 Å². The van der Waals surface area contributed by atoms with Gasteiger partial charge in [-0.05, 0) is 49.9 Å². The molecule has 1 atom stereocenters. The maximum Gasteiger partial charge on any atom is 0.137 e. The Kier molecular flexibility index (Phi) is 7.03. The van der Waals surface area contributed by atoms with E-state index in [1.54, 1.807) is 0 Å². The normalized spacial score (nSPS) is 13.0. The molecule has 1 aromatic carbocycles. The second-order valence-electron chi connectivity index (χ2n) is 5.80. The summed E-state index contributed by atoms with van der Waals surface area (Å²) in [6.07, 6.45) is -0.407. The summed E-state index contributed by atoms with van der Waals surface area (Å²) in [5.74, 6) is 1.38. The first-order valence-electron chi connectivity index (χ1n) is 7.72. The number of hydrogen-bond acceptors (Lipinski definition) is 2. The number of quaternary nitrogens is 1. The van der Waals surface area contributed by atoms with Gasteiger partial charge >= 0.3 is 0 Å². The molecule has 2 N–H and O–H groups in total. The molecule has 0 saturated carbocycles. The lowest BCUT2D eigenvalue weighted by Crippen LogP contribution is -3.12. The highest BCUT2D eigenvalue weighted by Gasteiger charge is 2.13. The van der Waals surface area contributed by atoms with E-state index >= 15 is 0 Å². The summed E-state index contributed by atoms with van der Waals surface area (Å²) in [6.45, 7) is 14.0. The van der Waals surface area contributed by atoms with E-state index in [2.05, 4.69) is 46.8 Å². The highest BCUT2D eigenvalue weighted by molar-refractivity contribution is 5.36. The van der Waals surface area contributed by atoms with E-state index in [9.17, 15) is 5.11 Å². The highest BCUT2D eigenvalue weighted by atomic mass is 16.5. The summed E-state index contributed by atoms with van der Waals surface area (Å²) in [5.41, 5.74) is 2.60. The van der Waals surface area contributed by atoms with Crippen LogP contribution in [0.1, 0.15) is 44.7 Å². The summed E-state index contributed by atoms with van der Waals surface area (Å²) in [4.78, 5) is 1.40. The molecule has 0 aliphatic rings. The number of benzene rings is 1. The van der Waals surface area contributed by atoms with Crippen molar-refractivity contribution < 1.29 is 14.7 Å². The zero-order valence-corrected chi connectivity index (χ0v) is 13.6. The molecule has 0 heterocycles. The molecule has 1 aromatic rings. The zero-order chi connectivity index (χ0) is 15.1. The number of aryl methyl sites for hydroxylation is 1. The van der Waals surface area contributed by atoms with Crippen molar-refractivity contribution in [1.82, 2.24) is 0 Å². The minimum absolute atomic E-state index is 0.365. The molecule has 0 aromatic heterocycles. The molecule has 114 valence electrons. The van der Waals surface area contributed by atoms with Crippen molar-refractivity contribution >= 4 is 0 Å². The van der Waals surface area contributed by atoms with Crippen molar-refractivity contribution in [1.29, 1.82) is 0 Å². The molecular formula is C17H30NO2+. The van der Waals surface area contributed by atoms with Gasteiger partial charge in [-0.3, -0.25) is 0 Å². The quantitative estimate of drug-likeness (QED) is 0.761. The van der Waals surface area contributed by atoms with Gasteiger partial charge in [-0.25, -0.2) is 0 Å². The van der Waals surface area contributed by atoms with Gasteiger partial charge in [-0.2, -0.15) is 0 Å². The lowest BCUT2D eigenvalue weighted by atomic mass is 9.98. The predicted octanol–water partition coefficient (Wildman–Crippen LogP) is 1.78. The molecule has 0 aliphatic carbocycles. The molecule has 0 bridgehead atoms. The fraction of sp³-hybridized carbons (Fsp3) is 0.647. The van der Waals surface area contributed by atoms with Crippen molar-refractivity contribution in [2.45, 2.75) is 46.6 Å². The monoisotopic (exact) mass is 280 g/mol. The largest absolute Gasteiger partial charge is 0.491 e. The van der Waals surface area contributed by atoms with Crippen LogP contribution >= 0.6 is 0 Å². The van der Waals surface area contributed by atoms with Gasteiger partial charge in [0.25, 0.3) is 0 Å². The average molecular weight is 280 g/mol. The maximum atomic E-state index is 10.0. The van der Waals surface area contributed by atoms with E-state index in [4.69, 9.17) is 4.74 Å². The molecule has 0 fully saturated rings. The fourth-order valence-electron chi connectivity index (χ4n) is 2.51. The van der Waals surface area contributed by atoms with Crippen molar-refractivity contribution in [2.75, 3.05) is 26.2 Å². The van der Waals surface area contributed by atoms with Crippen molar-refractivity contribution in [3.05, 3.63) is 29.3 Å². The Hall–Kier alpha value is -1.06. The van der Waals surface area contributed by atoms with E-state index < -0.39 is 6.10 Å². The van der Waals surface area contributed by atoms with Gasteiger partial charge in [0.1, 0.15) is 25.0 Å². The number of nitrogens with one attached hydrogen (secondary N) is 1. The Bertz CT molecular complexity index is 400. The van der Waals surface area contributed by atoms with E-state index in [0.29, 0.717) is 12.5 Å². The van der Waals surface area contributed by atoms with Crippen LogP contribution < -0.4 is 9.64 Å².